The topological polar surface area (TPSA) is 85.1 Å². The Kier molecular flexibility index (Phi) is 5.63. The monoisotopic (exact) mass is 379 g/mol. The maximum absolute atomic E-state index is 12.4. The van der Waals surface area contributed by atoms with Crippen LogP contribution < -0.4 is 10.5 Å². The van der Waals surface area contributed by atoms with Gasteiger partial charge in [0.05, 0.1) is 15.6 Å². The van der Waals surface area contributed by atoms with E-state index in [9.17, 15) is 8.42 Å². The molecular formula is C13H18ClN3O2S3. The summed E-state index contributed by atoms with van der Waals surface area (Å²) >= 11 is 2.80. The van der Waals surface area contributed by atoms with Crippen molar-refractivity contribution < 1.29 is 8.42 Å². The molecule has 1 saturated carbocycles. The van der Waals surface area contributed by atoms with E-state index in [4.69, 9.17) is 5.73 Å². The molecule has 2 aromatic heterocycles. The van der Waals surface area contributed by atoms with Crippen LogP contribution in [0, 0.1) is 12.8 Å². The first-order valence-electron chi connectivity index (χ1n) is 6.74. The van der Waals surface area contributed by atoms with Crippen molar-refractivity contribution in [3.8, 4) is 10.6 Å². The number of hydrogen-bond acceptors (Lipinski definition) is 6. The molecule has 2 heterocycles. The molecule has 0 radical (unpaired) electrons. The molecule has 1 aliphatic rings. The highest BCUT2D eigenvalue weighted by molar-refractivity contribution is 7.91. The fraction of sp³-hybridized carbons (Fsp3) is 0.462. The molecule has 0 amide bonds. The predicted molar refractivity (Wildman–Crippen MR) is 93.3 cm³/mol. The van der Waals surface area contributed by atoms with Gasteiger partial charge < -0.3 is 5.73 Å². The van der Waals surface area contributed by atoms with E-state index in [2.05, 4.69) is 9.71 Å². The van der Waals surface area contributed by atoms with Crippen LogP contribution in [0.4, 0.5) is 0 Å². The number of nitrogens with zero attached hydrogens (tertiary/aromatic N) is 1. The summed E-state index contributed by atoms with van der Waals surface area (Å²) in [5.74, 6) is 0.394. The molecule has 1 unspecified atom stereocenters. The largest absolute Gasteiger partial charge is 0.329 e. The Labute approximate surface area is 144 Å². The van der Waals surface area contributed by atoms with E-state index in [0.717, 1.165) is 28.4 Å². The van der Waals surface area contributed by atoms with E-state index < -0.39 is 10.0 Å². The zero-order chi connectivity index (χ0) is 15.0. The Balaban J connectivity index is 0.00000176. The van der Waals surface area contributed by atoms with Gasteiger partial charge in [0.1, 0.15) is 4.21 Å². The molecule has 1 aliphatic carbocycles. The van der Waals surface area contributed by atoms with E-state index in [1.807, 2.05) is 18.4 Å². The average molecular weight is 380 g/mol. The molecule has 9 heteroatoms. The first-order valence-corrected chi connectivity index (χ1v) is 9.92. The number of aryl methyl sites for hydroxylation is 1. The standard InChI is InChI=1S/C13H17N3O2S3.ClH/c1-8-15-11(7-19-8)12-4-5-13(20-12)21(17,18)16-10(6-14)9-2-3-9;/h4-5,7,9-10,16H,2-3,6,14H2,1H3;1H. The summed E-state index contributed by atoms with van der Waals surface area (Å²) in [6.07, 6.45) is 2.11. The van der Waals surface area contributed by atoms with Crippen LogP contribution in [-0.4, -0.2) is 26.0 Å². The molecule has 5 nitrogen and oxygen atoms in total. The van der Waals surface area contributed by atoms with Crippen molar-refractivity contribution in [2.45, 2.75) is 30.0 Å². The van der Waals surface area contributed by atoms with Crippen LogP contribution in [-0.2, 0) is 10.0 Å². The van der Waals surface area contributed by atoms with Gasteiger partial charge in [-0.25, -0.2) is 18.1 Å². The van der Waals surface area contributed by atoms with Gasteiger partial charge in [0.25, 0.3) is 0 Å². The summed E-state index contributed by atoms with van der Waals surface area (Å²) in [7, 11) is -3.49. The zero-order valence-electron chi connectivity index (χ0n) is 12.0. The molecule has 3 rings (SSSR count). The molecule has 0 aliphatic heterocycles. The quantitative estimate of drug-likeness (QED) is 0.807. The van der Waals surface area contributed by atoms with Gasteiger partial charge in [-0.3, -0.25) is 0 Å². The lowest BCUT2D eigenvalue weighted by Gasteiger charge is -2.15. The fourth-order valence-electron chi connectivity index (χ4n) is 2.17. The van der Waals surface area contributed by atoms with Gasteiger partial charge in [-0.05, 0) is 37.8 Å². The van der Waals surface area contributed by atoms with Gasteiger partial charge in [-0.15, -0.1) is 35.1 Å². The SMILES string of the molecule is Cc1nc(-c2ccc(S(=O)(=O)NC(CN)C3CC3)s2)cs1.Cl. The number of thiophene rings is 1. The summed E-state index contributed by atoms with van der Waals surface area (Å²) in [5, 5.41) is 2.91. The number of halogens is 1. The van der Waals surface area contributed by atoms with Crippen LogP contribution in [0.1, 0.15) is 17.8 Å². The maximum Gasteiger partial charge on any atom is 0.250 e. The van der Waals surface area contributed by atoms with Crippen molar-refractivity contribution in [2.75, 3.05) is 6.54 Å². The molecule has 122 valence electrons. The summed E-state index contributed by atoms with van der Waals surface area (Å²) in [5.41, 5.74) is 6.50. The third kappa shape index (κ3) is 3.87. The number of sulfonamides is 1. The van der Waals surface area contributed by atoms with E-state index >= 15 is 0 Å². The molecule has 0 aromatic carbocycles. The Morgan fingerprint density at radius 3 is 2.73 bits per heavy atom. The average Bonchev–Trinajstić information content (AvgIpc) is 2.98. The van der Waals surface area contributed by atoms with Crippen LogP contribution in [0.5, 0.6) is 0 Å². The molecule has 0 spiro atoms. The minimum Gasteiger partial charge on any atom is -0.329 e. The molecule has 3 N–H and O–H groups in total. The number of rotatable bonds is 6. The summed E-state index contributed by atoms with van der Waals surface area (Å²) in [4.78, 5) is 5.26. The first kappa shape index (κ1) is 17.8. The third-order valence-corrected chi connectivity index (χ3v) is 7.33. The molecule has 22 heavy (non-hydrogen) atoms. The van der Waals surface area contributed by atoms with Gasteiger partial charge in [0, 0.05) is 18.0 Å². The van der Waals surface area contributed by atoms with E-state index in [0.29, 0.717) is 16.7 Å². The van der Waals surface area contributed by atoms with Gasteiger partial charge in [-0.2, -0.15) is 0 Å². The summed E-state index contributed by atoms with van der Waals surface area (Å²) in [6.45, 7) is 2.27. The number of nitrogens with two attached hydrogens (primary N) is 1. The summed E-state index contributed by atoms with van der Waals surface area (Å²) in [6, 6.07) is 3.29. The zero-order valence-corrected chi connectivity index (χ0v) is 15.2. The van der Waals surface area contributed by atoms with Crippen LogP contribution in [0.15, 0.2) is 21.7 Å². The lowest BCUT2D eigenvalue weighted by Crippen LogP contribution is -2.41. The highest BCUT2D eigenvalue weighted by atomic mass is 35.5. The van der Waals surface area contributed by atoms with Crippen LogP contribution in [0.25, 0.3) is 10.6 Å². The Hall–Kier alpha value is -0.510. The second-order valence-corrected chi connectivity index (χ2v) is 9.26. The first-order chi connectivity index (χ1) is 9.99. The second kappa shape index (κ2) is 6.94. The van der Waals surface area contributed by atoms with Crippen molar-refractivity contribution >= 4 is 45.1 Å². The molecule has 1 fully saturated rings. The lowest BCUT2D eigenvalue weighted by atomic mass is 10.2. The highest BCUT2D eigenvalue weighted by Gasteiger charge is 2.33. The fourth-order valence-corrected chi connectivity index (χ4v) is 5.46. The van der Waals surface area contributed by atoms with Crippen molar-refractivity contribution in [2.24, 2.45) is 11.7 Å². The normalized spacial score (nSPS) is 16.3. The Morgan fingerprint density at radius 2 is 2.18 bits per heavy atom. The molecule has 0 saturated heterocycles. The maximum atomic E-state index is 12.4. The van der Waals surface area contributed by atoms with Crippen molar-refractivity contribution in [1.82, 2.24) is 9.71 Å². The smallest absolute Gasteiger partial charge is 0.250 e. The summed E-state index contributed by atoms with van der Waals surface area (Å²) < 4.78 is 27.9. The van der Waals surface area contributed by atoms with E-state index in [1.165, 1.54) is 11.3 Å². The number of hydrogen-bond donors (Lipinski definition) is 2. The minimum atomic E-state index is -3.49. The van der Waals surface area contributed by atoms with Crippen LogP contribution in [0.2, 0.25) is 0 Å². The Morgan fingerprint density at radius 1 is 1.45 bits per heavy atom. The number of nitrogens with one attached hydrogen (secondary N) is 1. The predicted octanol–water partition coefficient (Wildman–Crippen LogP) is 2.62. The molecule has 0 bridgehead atoms. The van der Waals surface area contributed by atoms with Crippen LogP contribution in [0.3, 0.4) is 0 Å². The second-order valence-electron chi connectivity index (χ2n) is 5.17. The van der Waals surface area contributed by atoms with Crippen molar-refractivity contribution in [1.29, 1.82) is 0 Å². The van der Waals surface area contributed by atoms with Crippen LogP contribution >= 0.6 is 35.1 Å². The number of aromatic nitrogens is 1. The molecule has 2 aromatic rings. The van der Waals surface area contributed by atoms with Gasteiger partial charge >= 0.3 is 0 Å². The number of thiazole rings is 1. The minimum absolute atomic E-state index is 0. The van der Waals surface area contributed by atoms with E-state index in [1.54, 1.807) is 17.4 Å². The third-order valence-electron chi connectivity index (χ3n) is 3.47. The van der Waals surface area contributed by atoms with Crippen molar-refractivity contribution in [3.05, 3.63) is 22.5 Å². The highest BCUT2D eigenvalue weighted by Crippen LogP contribution is 2.34. The van der Waals surface area contributed by atoms with Gasteiger partial charge in [-0.1, -0.05) is 0 Å². The van der Waals surface area contributed by atoms with Gasteiger partial charge in [0.15, 0.2) is 0 Å². The lowest BCUT2D eigenvalue weighted by molar-refractivity contribution is 0.520. The Bertz CT molecular complexity index is 737. The van der Waals surface area contributed by atoms with Gasteiger partial charge in [0.2, 0.25) is 10.0 Å². The molecule has 1 atom stereocenters. The van der Waals surface area contributed by atoms with Crippen molar-refractivity contribution in [3.63, 3.8) is 0 Å². The van der Waals surface area contributed by atoms with E-state index in [-0.39, 0.29) is 18.4 Å². The molecular weight excluding hydrogens is 362 g/mol.